The molecule has 148 valence electrons. The summed E-state index contributed by atoms with van der Waals surface area (Å²) in [6, 6.07) is 15.2. The van der Waals surface area contributed by atoms with Gasteiger partial charge in [0.05, 0.1) is 0 Å². The lowest BCUT2D eigenvalue weighted by Gasteiger charge is -2.34. The molecule has 2 saturated heterocycles. The van der Waals surface area contributed by atoms with Crippen molar-refractivity contribution in [2.24, 2.45) is 5.92 Å². The summed E-state index contributed by atoms with van der Waals surface area (Å²) < 4.78 is 13.3. The van der Waals surface area contributed by atoms with E-state index >= 15 is 0 Å². The predicted molar refractivity (Wildman–Crippen MR) is 108 cm³/mol. The number of piperidine rings is 1. The van der Waals surface area contributed by atoms with E-state index in [9.17, 15) is 9.18 Å². The number of likely N-dealkylation sites (tertiary alicyclic amines) is 1. The predicted octanol–water partition coefficient (Wildman–Crippen LogP) is 3.99. The summed E-state index contributed by atoms with van der Waals surface area (Å²) in [4.78, 5) is 14.3. The molecule has 2 aromatic carbocycles. The molecule has 0 aliphatic carbocycles. The minimum atomic E-state index is -0.348. The molecule has 0 radical (unpaired) electrons. The quantitative estimate of drug-likeness (QED) is 0.752. The van der Waals surface area contributed by atoms with Gasteiger partial charge < -0.3 is 10.2 Å². The van der Waals surface area contributed by atoms with E-state index in [1.807, 2.05) is 4.90 Å². The van der Waals surface area contributed by atoms with Gasteiger partial charge in [-0.2, -0.15) is 0 Å². The Bertz CT molecular complexity index is 835. The minimum Gasteiger partial charge on any atom is -0.325 e. The number of nitrogens with zero attached hydrogens (tertiary/aromatic N) is 1. The van der Waals surface area contributed by atoms with Crippen molar-refractivity contribution in [3.05, 3.63) is 65.5 Å². The zero-order valence-electron chi connectivity index (χ0n) is 16.1. The number of hydrogen-bond donors (Lipinski definition) is 3. The molecule has 2 aromatic rings. The fourth-order valence-electron chi connectivity index (χ4n) is 4.27. The van der Waals surface area contributed by atoms with Gasteiger partial charge in [-0.05, 0) is 55.9 Å². The van der Waals surface area contributed by atoms with Crippen LogP contribution in [-0.4, -0.2) is 30.1 Å². The van der Waals surface area contributed by atoms with Crippen LogP contribution in [0.3, 0.4) is 0 Å². The second kappa shape index (κ2) is 8.29. The van der Waals surface area contributed by atoms with Gasteiger partial charge in [0.1, 0.15) is 5.82 Å². The van der Waals surface area contributed by atoms with Crippen molar-refractivity contribution in [2.45, 2.75) is 38.3 Å². The number of hydrogen-bond acceptors (Lipinski definition) is 3. The van der Waals surface area contributed by atoms with Gasteiger partial charge in [-0.3, -0.25) is 10.9 Å². The summed E-state index contributed by atoms with van der Waals surface area (Å²) in [5, 5.41) is 2.79. The first-order chi connectivity index (χ1) is 13.6. The monoisotopic (exact) mass is 382 g/mol. The number of rotatable bonds is 3. The summed E-state index contributed by atoms with van der Waals surface area (Å²) >= 11 is 0. The van der Waals surface area contributed by atoms with Crippen molar-refractivity contribution in [2.75, 3.05) is 18.4 Å². The molecule has 28 heavy (non-hydrogen) atoms. The van der Waals surface area contributed by atoms with Gasteiger partial charge in [-0.25, -0.2) is 9.18 Å². The average molecular weight is 382 g/mol. The lowest BCUT2D eigenvalue weighted by molar-refractivity contribution is 0.169. The topological polar surface area (TPSA) is 56.4 Å². The zero-order chi connectivity index (χ0) is 19.5. The highest BCUT2D eigenvalue weighted by Gasteiger charge is 2.34. The molecule has 0 saturated carbocycles. The molecule has 5 nitrogen and oxygen atoms in total. The number of aryl methyl sites for hydroxylation is 1. The first-order valence-electron chi connectivity index (χ1n) is 9.97. The van der Waals surface area contributed by atoms with Crippen molar-refractivity contribution in [3.63, 3.8) is 0 Å². The van der Waals surface area contributed by atoms with Crippen LogP contribution in [0.25, 0.3) is 0 Å². The second-order valence-corrected chi connectivity index (χ2v) is 7.86. The molecule has 0 spiro atoms. The molecule has 2 unspecified atom stereocenters. The first kappa shape index (κ1) is 18.9. The molecule has 2 aliphatic rings. The lowest BCUT2D eigenvalue weighted by atomic mass is 9.86. The molecule has 4 rings (SSSR count). The van der Waals surface area contributed by atoms with Crippen molar-refractivity contribution >= 4 is 11.7 Å². The van der Waals surface area contributed by atoms with Gasteiger partial charge in [0.25, 0.3) is 0 Å². The van der Waals surface area contributed by atoms with Crippen LogP contribution in [0, 0.1) is 18.7 Å². The van der Waals surface area contributed by atoms with Gasteiger partial charge in [-0.15, -0.1) is 0 Å². The number of carbonyl (C=O) groups is 1. The SMILES string of the molecule is Cc1cccc(C2CC(C3CCN(C(=O)Nc4cccc(F)c4)CC3)NN2)c1. The van der Waals surface area contributed by atoms with Gasteiger partial charge in [-0.1, -0.05) is 35.9 Å². The average Bonchev–Trinajstić information content (AvgIpc) is 3.18. The number of amides is 2. The van der Waals surface area contributed by atoms with E-state index < -0.39 is 0 Å². The number of carbonyl (C=O) groups excluding carboxylic acids is 1. The van der Waals surface area contributed by atoms with E-state index in [-0.39, 0.29) is 11.8 Å². The van der Waals surface area contributed by atoms with E-state index in [4.69, 9.17) is 0 Å². The van der Waals surface area contributed by atoms with Crippen molar-refractivity contribution in [1.29, 1.82) is 0 Å². The number of halogens is 1. The Kier molecular flexibility index (Phi) is 5.59. The number of benzene rings is 2. The molecule has 2 heterocycles. The van der Waals surface area contributed by atoms with Crippen LogP contribution in [0.15, 0.2) is 48.5 Å². The number of nitrogens with one attached hydrogen (secondary N) is 3. The lowest BCUT2D eigenvalue weighted by Crippen LogP contribution is -2.45. The Morgan fingerprint density at radius 1 is 1.11 bits per heavy atom. The third kappa shape index (κ3) is 4.34. The maximum atomic E-state index is 13.3. The van der Waals surface area contributed by atoms with Crippen LogP contribution in [-0.2, 0) is 0 Å². The zero-order valence-corrected chi connectivity index (χ0v) is 16.1. The molecule has 0 bridgehead atoms. The van der Waals surface area contributed by atoms with Crippen LogP contribution in [0.2, 0.25) is 0 Å². The van der Waals surface area contributed by atoms with Crippen molar-refractivity contribution in [1.82, 2.24) is 15.8 Å². The molecule has 2 amide bonds. The third-order valence-electron chi connectivity index (χ3n) is 5.85. The van der Waals surface area contributed by atoms with Crippen LogP contribution in [0.1, 0.15) is 36.4 Å². The number of urea groups is 1. The van der Waals surface area contributed by atoms with Crippen LogP contribution in [0.4, 0.5) is 14.9 Å². The van der Waals surface area contributed by atoms with E-state index in [2.05, 4.69) is 47.4 Å². The van der Waals surface area contributed by atoms with Gasteiger partial charge >= 0.3 is 6.03 Å². The Balaban J connectivity index is 1.28. The summed E-state index contributed by atoms with van der Waals surface area (Å²) in [7, 11) is 0. The largest absolute Gasteiger partial charge is 0.325 e. The highest BCUT2D eigenvalue weighted by molar-refractivity contribution is 5.89. The van der Waals surface area contributed by atoms with Crippen molar-refractivity contribution < 1.29 is 9.18 Å². The second-order valence-electron chi connectivity index (χ2n) is 7.86. The van der Waals surface area contributed by atoms with E-state index in [0.29, 0.717) is 23.7 Å². The molecule has 2 fully saturated rings. The Morgan fingerprint density at radius 2 is 1.89 bits per heavy atom. The maximum Gasteiger partial charge on any atom is 0.321 e. The molecule has 0 aromatic heterocycles. The van der Waals surface area contributed by atoms with E-state index in [1.165, 1.54) is 23.3 Å². The van der Waals surface area contributed by atoms with Crippen molar-refractivity contribution in [3.8, 4) is 0 Å². The summed E-state index contributed by atoms with van der Waals surface area (Å²) in [5.41, 5.74) is 10.0. The molecular formula is C22H27FN4O. The molecular weight excluding hydrogens is 355 g/mol. The Morgan fingerprint density at radius 3 is 2.64 bits per heavy atom. The molecule has 2 aliphatic heterocycles. The van der Waals surface area contributed by atoms with Gasteiger partial charge in [0, 0.05) is 30.9 Å². The number of hydrazine groups is 1. The van der Waals surface area contributed by atoms with E-state index in [0.717, 1.165) is 32.4 Å². The Hall–Kier alpha value is -2.44. The fraction of sp³-hybridized carbons (Fsp3) is 0.409. The normalized spacial score (nSPS) is 23.0. The van der Waals surface area contributed by atoms with E-state index in [1.54, 1.807) is 12.1 Å². The summed E-state index contributed by atoms with van der Waals surface area (Å²) in [5.74, 6) is 0.194. The fourth-order valence-corrected chi connectivity index (χ4v) is 4.27. The smallest absolute Gasteiger partial charge is 0.321 e. The van der Waals surface area contributed by atoms with Gasteiger partial charge in [0.15, 0.2) is 0 Å². The summed E-state index contributed by atoms with van der Waals surface area (Å²) in [6.45, 7) is 3.56. The highest BCUT2D eigenvalue weighted by atomic mass is 19.1. The minimum absolute atomic E-state index is 0.154. The number of anilines is 1. The summed E-state index contributed by atoms with van der Waals surface area (Å²) in [6.07, 6.45) is 3.00. The molecule has 2 atom stereocenters. The van der Waals surface area contributed by atoms with Crippen LogP contribution >= 0.6 is 0 Å². The first-order valence-corrected chi connectivity index (χ1v) is 9.97. The third-order valence-corrected chi connectivity index (χ3v) is 5.85. The molecule has 3 N–H and O–H groups in total. The maximum absolute atomic E-state index is 13.3. The standard InChI is InChI=1S/C22H27FN4O/c1-15-4-2-5-17(12-15)21-14-20(25-26-21)16-8-10-27(11-9-16)22(28)24-19-7-3-6-18(23)13-19/h2-7,12-13,16,20-21,25-26H,8-11,14H2,1H3,(H,24,28). The molecule has 6 heteroatoms. The van der Waals surface area contributed by atoms with Crippen LogP contribution in [0.5, 0.6) is 0 Å². The van der Waals surface area contributed by atoms with Gasteiger partial charge in [0.2, 0.25) is 0 Å². The highest BCUT2D eigenvalue weighted by Crippen LogP contribution is 2.31. The Labute approximate surface area is 165 Å². The van der Waals surface area contributed by atoms with Crippen LogP contribution < -0.4 is 16.2 Å².